The van der Waals surface area contributed by atoms with E-state index in [1.165, 1.54) is 24.2 Å². The van der Waals surface area contributed by atoms with E-state index in [1.807, 2.05) is 36.4 Å². The van der Waals surface area contributed by atoms with Gasteiger partial charge in [-0.2, -0.15) is 4.98 Å². The number of hydrogen-bond acceptors (Lipinski definition) is 6. The Morgan fingerprint density at radius 1 is 1.19 bits per heavy atom. The summed E-state index contributed by atoms with van der Waals surface area (Å²) < 4.78 is 10.5. The first-order chi connectivity index (χ1) is 12.7. The van der Waals surface area contributed by atoms with Crippen LogP contribution in [0.3, 0.4) is 0 Å². The second-order valence-corrected chi connectivity index (χ2v) is 7.35. The van der Waals surface area contributed by atoms with Crippen molar-refractivity contribution in [1.29, 1.82) is 0 Å². The molecular weight excluding hydrogens is 350 g/mol. The predicted molar refractivity (Wildman–Crippen MR) is 99.3 cm³/mol. The molecule has 3 aromatic rings. The molecule has 1 aliphatic rings. The molecule has 1 N–H and O–H groups in total. The van der Waals surface area contributed by atoms with Gasteiger partial charge in [0.05, 0.1) is 16.9 Å². The quantitative estimate of drug-likeness (QED) is 0.731. The monoisotopic (exact) mass is 369 g/mol. The third kappa shape index (κ3) is 3.48. The van der Waals surface area contributed by atoms with Gasteiger partial charge in [-0.3, -0.25) is 4.79 Å². The van der Waals surface area contributed by atoms with Crippen LogP contribution < -0.4 is 10.1 Å². The maximum Gasteiger partial charge on any atom is 0.261 e. The second kappa shape index (κ2) is 7.29. The van der Waals surface area contributed by atoms with Gasteiger partial charge >= 0.3 is 0 Å². The van der Waals surface area contributed by atoms with E-state index in [4.69, 9.17) is 9.26 Å². The molecule has 1 fully saturated rings. The van der Waals surface area contributed by atoms with E-state index >= 15 is 0 Å². The number of thiophene rings is 1. The Kier molecular flexibility index (Phi) is 4.71. The van der Waals surface area contributed by atoms with Gasteiger partial charge in [-0.05, 0) is 49.2 Å². The topological polar surface area (TPSA) is 77.2 Å². The molecule has 0 aliphatic heterocycles. The Morgan fingerprint density at radius 2 is 1.96 bits per heavy atom. The number of methoxy groups -OCH3 is 1. The fourth-order valence-electron chi connectivity index (χ4n) is 3.08. The summed E-state index contributed by atoms with van der Waals surface area (Å²) in [6.45, 7) is 0. The number of ether oxygens (including phenoxy) is 1. The van der Waals surface area contributed by atoms with E-state index in [1.54, 1.807) is 7.11 Å². The molecule has 2 aromatic heterocycles. The molecule has 1 aromatic carbocycles. The van der Waals surface area contributed by atoms with Gasteiger partial charge in [0.15, 0.2) is 0 Å². The zero-order chi connectivity index (χ0) is 17.9. The van der Waals surface area contributed by atoms with Gasteiger partial charge in [0.1, 0.15) is 5.75 Å². The van der Waals surface area contributed by atoms with Crippen molar-refractivity contribution in [2.24, 2.45) is 0 Å². The first-order valence-corrected chi connectivity index (χ1v) is 9.44. The molecule has 7 heteroatoms. The van der Waals surface area contributed by atoms with Crippen molar-refractivity contribution in [2.45, 2.75) is 31.7 Å². The third-order valence-corrected chi connectivity index (χ3v) is 5.58. The molecule has 134 valence electrons. The molecule has 1 amide bonds. The molecule has 6 nitrogen and oxygen atoms in total. The lowest BCUT2D eigenvalue weighted by atomic mass is 10.2. The zero-order valence-electron chi connectivity index (χ0n) is 14.4. The van der Waals surface area contributed by atoms with Gasteiger partial charge in [0.25, 0.3) is 11.8 Å². The van der Waals surface area contributed by atoms with Gasteiger partial charge in [-0.15, -0.1) is 11.3 Å². The molecule has 0 bridgehead atoms. The number of carbonyl (C=O) groups excluding carboxylic acids is 1. The number of rotatable bonds is 5. The van der Waals surface area contributed by atoms with E-state index in [9.17, 15) is 4.79 Å². The van der Waals surface area contributed by atoms with Crippen molar-refractivity contribution in [3.05, 3.63) is 41.3 Å². The molecule has 4 rings (SSSR count). The van der Waals surface area contributed by atoms with Gasteiger partial charge in [-0.25, -0.2) is 0 Å². The maximum atomic E-state index is 12.4. The lowest BCUT2D eigenvalue weighted by molar-refractivity contribution is 0.0942. The Bertz CT molecular complexity index is 895. The average Bonchev–Trinajstić information content (AvgIpc) is 3.42. The summed E-state index contributed by atoms with van der Waals surface area (Å²) in [6.07, 6.45) is 4.52. The van der Waals surface area contributed by atoms with Crippen molar-refractivity contribution < 1.29 is 14.1 Å². The first kappa shape index (κ1) is 16.8. The largest absolute Gasteiger partial charge is 0.497 e. The van der Waals surface area contributed by atoms with E-state index < -0.39 is 0 Å². The summed E-state index contributed by atoms with van der Waals surface area (Å²) in [4.78, 5) is 18.3. The van der Waals surface area contributed by atoms with E-state index in [-0.39, 0.29) is 5.91 Å². The molecule has 0 unspecified atom stereocenters. The molecule has 26 heavy (non-hydrogen) atoms. The Balaban J connectivity index is 1.49. The fraction of sp³-hybridized carbons (Fsp3) is 0.316. The minimum absolute atomic E-state index is 0.0213. The molecule has 1 saturated carbocycles. The third-order valence-electron chi connectivity index (χ3n) is 4.50. The van der Waals surface area contributed by atoms with Crippen LogP contribution in [0.1, 0.15) is 35.4 Å². The minimum atomic E-state index is -0.0213. The van der Waals surface area contributed by atoms with Crippen molar-refractivity contribution in [3.63, 3.8) is 0 Å². The van der Waals surface area contributed by atoms with Crippen LogP contribution in [0, 0.1) is 0 Å². The highest BCUT2D eigenvalue weighted by molar-refractivity contribution is 7.17. The summed E-state index contributed by atoms with van der Waals surface area (Å²) in [5.41, 5.74) is 0.820. The standard InChI is InChI=1S/C19H19N3O3S/c1-24-14-8-6-12(7-9-14)19-21-17(22-25-19)15-10-11-16(26-15)18(23)20-13-4-2-3-5-13/h6-11,13H,2-5H2,1H3,(H,20,23). The maximum absolute atomic E-state index is 12.4. The van der Waals surface area contributed by atoms with E-state index in [0.29, 0.717) is 22.6 Å². The number of hydrogen-bond donors (Lipinski definition) is 1. The highest BCUT2D eigenvalue weighted by Gasteiger charge is 2.20. The smallest absolute Gasteiger partial charge is 0.261 e. The van der Waals surface area contributed by atoms with E-state index in [2.05, 4.69) is 15.5 Å². The Hall–Kier alpha value is -2.67. The Morgan fingerprint density at radius 3 is 2.69 bits per heavy atom. The van der Waals surface area contributed by atoms with Gasteiger partial charge in [-0.1, -0.05) is 18.0 Å². The van der Waals surface area contributed by atoms with Gasteiger partial charge in [0.2, 0.25) is 5.82 Å². The normalized spacial score (nSPS) is 14.5. The first-order valence-electron chi connectivity index (χ1n) is 8.62. The minimum Gasteiger partial charge on any atom is -0.497 e. The van der Waals surface area contributed by atoms with Crippen LogP contribution in [0.5, 0.6) is 5.75 Å². The highest BCUT2D eigenvalue weighted by Crippen LogP contribution is 2.29. The van der Waals surface area contributed by atoms with Crippen molar-refractivity contribution in [1.82, 2.24) is 15.5 Å². The summed E-state index contributed by atoms with van der Waals surface area (Å²) >= 11 is 1.38. The van der Waals surface area contributed by atoms with Crippen molar-refractivity contribution >= 4 is 17.2 Å². The lowest BCUT2D eigenvalue weighted by Crippen LogP contribution is -2.31. The highest BCUT2D eigenvalue weighted by atomic mass is 32.1. The summed E-state index contributed by atoms with van der Waals surface area (Å²) in [6, 6.07) is 11.4. The van der Waals surface area contributed by atoms with Crippen LogP contribution in [0.4, 0.5) is 0 Å². The Labute approximate surface area is 155 Å². The number of nitrogens with zero attached hydrogens (tertiary/aromatic N) is 2. The summed E-state index contributed by atoms with van der Waals surface area (Å²) in [7, 11) is 1.62. The molecular formula is C19H19N3O3S. The van der Waals surface area contributed by atoms with Crippen LogP contribution in [0.2, 0.25) is 0 Å². The van der Waals surface area contributed by atoms with Crippen LogP contribution >= 0.6 is 11.3 Å². The number of nitrogens with one attached hydrogen (secondary N) is 1. The van der Waals surface area contributed by atoms with Crippen molar-refractivity contribution in [3.8, 4) is 27.9 Å². The molecule has 0 atom stereocenters. The lowest BCUT2D eigenvalue weighted by Gasteiger charge is -2.10. The molecule has 2 heterocycles. The number of benzene rings is 1. The van der Waals surface area contributed by atoms with Crippen LogP contribution in [-0.4, -0.2) is 29.2 Å². The van der Waals surface area contributed by atoms with Crippen LogP contribution in [0.15, 0.2) is 40.9 Å². The molecule has 0 spiro atoms. The second-order valence-electron chi connectivity index (χ2n) is 6.27. The van der Waals surface area contributed by atoms with Gasteiger partial charge < -0.3 is 14.6 Å². The van der Waals surface area contributed by atoms with E-state index in [0.717, 1.165) is 29.0 Å². The summed E-state index contributed by atoms with van der Waals surface area (Å²) in [5.74, 6) is 1.67. The number of carbonyl (C=O) groups is 1. The van der Waals surface area contributed by atoms with Gasteiger partial charge in [0, 0.05) is 11.6 Å². The predicted octanol–water partition coefficient (Wildman–Crippen LogP) is 4.15. The summed E-state index contributed by atoms with van der Waals surface area (Å²) in [5, 5.41) is 7.14. The number of aromatic nitrogens is 2. The average molecular weight is 369 g/mol. The van der Waals surface area contributed by atoms with Crippen LogP contribution in [-0.2, 0) is 0 Å². The SMILES string of the molecule is COc1ccc(-c2nc(-c3ccc(C(=O)NC4CCCC4)s3)no2)cc1. The fourth-order valence-corrected chi connectivity index (χ4v) is 3.92. The molecule has 0 saturated heterocycles. The molecule has 1 aliphatic carbocycles. The number of amides is 1. The van der Waals surface area contributed by atoms with Crippen molar-refractivity contribution in [2.75, 3.05) is 7.11 Å². The van der Waals surface area contributed by atoms with Crippen LogP contribution in [0.25, 0.3) is 22.2 Å². The molecule has 0 radical (unpaired) electrons. The zero-order valence-corrected chi connectivity index (χ0v) is 15.2.